The molecule has 6 nitrogen and oxygen atoms in total. The number of benzene rings is 1. The molecule has 0 aliphatic rings. The summed E-state index contributed by atoms with van der Waals surface area (Å²) in [6.45, 7) is 2.99. The average molecular weight is 264 g/mol. The predicted molar refractivity (Wildman–Crippen MR) is 68.8 cm³/mol. The van der Waals surface area contributed by atoms with Crippen molar-refractivity contribution in [2.24, 2.45) is 0 Å². The molecule has 0 radical (unpaired) electrons. The van der Waals surface area contributed by atoms with Gasteiger partial charge in [-0.05, 0) is 26.0 Å². The molecule has 6 heteroatoms. The molecule has 19 heavy (non-hydrogen) atoms. The van der Waals surface area contributed by atoms with Gasteiger partial charge >= 0.3 is 5.97 Å². The van der Waals surface area contributed by atoms with Crippen LogP contribution in [0.5, 0.6) is 0 Å². The van der Waals surface area contributed by atoms with E-state index in [-0.39, 0.29) is 12.5 Å². The number of hydrogen-bond acceptors (Lipinski definition) is 3. The lowest BCUT2D eigenvalue weighted by atomic mass is 10.1. The maximum Gasteiger partial charge on any atom is 0.325 e. The van der Waals surface area contributed by atoms with Gasteiger partial charge in [0.05, 0.1) is 6.54 Å². The molecule has 0 bridgehead atoms. The minimum Gasteiger partial charge on any atom is -0.480 e. The SMILES string of the molecule is Cc1ccc(C(=O)NCC(=O)N[C@H](C)C(=O)O)cc1. The van der Waals surface area contributed by atoms with Gasteiger partial charge in [-0.2, -0.15) is 0 Å². The van der Waals surface area contributed by atoms with E-state index in [4.69, 9.17) is 5.11 Å². The Balaban J connectivity index is 2.44. The molecule has 0 saturated heterocycles. The van der Waals surface area contributed by atoms with Crippen LogP contribution in [0, 0.1) is 6.92 Å². The Hall–Kier alpha value is -2.37. The molecule has 0 saturated carbocycles. The van der Waals surface area contributed by atoms with Gasteiger partial charge in [0.1, 0.15) is 6.04 Å². The molecule has 102 valence electrons. The highest BCUT2D eigenvalue weighted by molar-refractivity contribution is 5.96. The van der Waals surface area contributed by atoms with E-state index in [0.29, 0.717) is 5.56 Å². The molecule has 0 aliphatic carbocycles. The summed E-state index contributed by atoms with van der Waals surface area (Å²) in [5.74, 6) is -2.05. The van der Waals surface area contributed by atoms with Crippen LogP contribution in [-0.4, -0.2) is 35.5 Å². The number of hydrogen-bond donors (Lipinski definition) is 3. The normalized spacial score (nSPS) is 11.5. The number of nitrogens with one attached hydrogen (secondary N) is 2. The zero-order chi connectivity index (χ0) is 14.4. The van der Waals surface area contributed by atoms with Crippen molar-refractivity contribution in [3.8, 4) is 0 Å². The monoisotopic (exact) mass is 264 g/mol. The van der Waals surface area contributed by atoms with Gasteiger partial charge < -0.3 is 15.7 Å². The molecule has 0 aromatic heterocycles. The van der Waals surface area contributed by atoms with Crippen molar-refractivity contribution < 1.29 is 19.5 Å². The van der Waals surface area contributed by atoms with E-state index in [0.717, 1.165) is 5.56 Å². The van der Waals surface area contributed by atoms with Crippen molar-refractivity contribution >= 4 is 17.8 Å². The van der Waals surface area contributed by atoms with Gasteiger partial charge in [0, 0.05) is 5.56 Å². The van der Waals surface area contributed by atoms with Gasteiger partial charge in [0.15, 0.2) is 0 Å². The second kappa shape index (κ2) is 6.53. The molecule has 1 atom stereocenters. The summed E-state index contributed by atoms with van der Waals surface area (Å²) in [6, 6.07) is 5.91. The van der Waals surface area contributed by atoms with Crippen molar-refractivity contribution in [3.05, 3.63) is 35.4 Å². The average Bonchev–Trinajstić information content (AvgIpc) is 2.36. The summed E-state index contributed by atoms with van der Waals surface area (Å²) in [5.41, 5.74) is 1.48. The number of carbonyl (C=O) groups excluding carboxylic acids is 2. The summed E-state index contributed by atoms with van der Waals surface area (Å²) in [5, 5.41) is 13.3. The van der Waals surface area contributed by atoms with E-state index in [1.165, 1.54) is 6.92 Å². The van der Waals surface area contributed by atoms with E-state index in [2.05, 4.69) is 10.6 Å². The summed E-state index contributed by atoms with van der Waals surface area (Å²) in [7, 11) is 0. The van der Waals surface area contributed by atoms with Crippen LogP contribution in [0.3, 0.4) is 0 Å². The molecule has 1 aromatic rings. The Labute approximate surface area is 110 Å². The van der Waals surface area contributed by atoms with E-state index >= 15 is 0 Å². The summed E-state index contributed by atoms with van der Waals surface area (Å²) < 4.78 is 0. The number of carboxylic acid groups (broad SMARTS) is 1. The number of amides is 2. The number of carbonyl (C=O) groups is 3. The summed E-state index contributed by atoms with van der Waals surface area (Å²) >= 11 is 0. The van der Waals surface area contributed by atoms with Gasteiger partial charge in [0.25, 0.3) is 5.91 Å². The van der Waals surface area contributed by atoms with Gasteiger partial charge in [-0.25, -0.2) is 0 Å². The minimum atomic E-state index is -1.13. The zero-order valence-electron chi connectivity index (χ0n) is 10.8. The second-order valence-electron chi connectivity index (χ2n) is 4.18. The Morgan fingerprint density at radius 1 is 1.21 bits per heavy atom. The third kappa shape index (κ3) is 4.79. The molecule has 0 aliphatic heterocycles. The fourth-order valence-electron chi connectivity index (χ4n) is 1.32. The highest BCUT2D eigenvalue weighted by Gasteiger charge is 2.14. The Morgan fingerprint density at radius 2 is 1.79 bits per heavy atom. The van der Waals surface area contributed by atoms with Gasteiger partial charge in [0.2, 0.25) is 5.91 Å². The Kier molecular flexibility index (Phi) is 5.05. The lowest BCUT2D eigenvalue weighted by Gasteiger charge is -2.10. The summed E-state index contributed by atoms with van der Waals surface area (Å²) in [4.78, 5) is 33.6. The molecule has 0 spiro atoms. The standard InChI is InChI=1S/C13H16N2O4/c1-8-3-5-10(6-4-8)12(17)14-7-11(16)15-9(2)13(18)19/h3-6,9H,7H2,1-2H3,(H,14,17)(H,15,16)(H,18,19)/t9-/m1/s1. The maximum absolute atomic E-state index is 11.7. The predicted octanol–water partition coefficient (Wildman–Crippen LogP) is 0.314. The first-order valence-corrected chi connectivity index (χ1v) is 5.77. The highest BCUT2D eigenvalue weighted by atomic mass is 16.4. The van der Waals surface area contributed by atoms with Crippen molar-refractivity contribution in [1.82, 2.24) is 10.6 Å². The van der Waals surface area contributed by atoms with Crippen LogP contribution in [0.2, 0.25) is 0 Å². The summed E-state index contributed by atoms with van der Waals surface area (Å²) in [6.07, 6.45) is 0. The number of rotatable bonds is 5. The van der Waals surface area contributed by atoms with E-state index in [9.17, 15) is 14.4 Å². The number of aliphatic carboxylic acids is 1. The largest absolute Gasteiger partial charge is 0.480 e. The van der Waals surface area contributed by atoms with Crippen LogP contribution in [-0.2, 0) is 9.59 Å². The topological polar surface area (TPSA) is 95.5 Å². The van der Waals surface area contributed by atoms with Gasteiger partial charge in [-0.15, -0.1) is 0 Å². The molecular weight excluding hydrogens is 248 g/mol. The quantitative estimate of drug-likeness (QED) is 0.713. The molecule has 0 unspecified atom stereocenters. The fourth-order valence-corrected chi connectivity index (χ4v) is 1.32. The fraction of sp³-hybridized carbons (Fsp3) is 0.308. The Bertz CT molecular complexity index is 482. The first-order chi connectivity index (χ1) is 8.90. The first-order valence-electron chi connectivity index (χ1n) is 5.77. The molecule has 1 aromatic carbocycles. The lowest BCUT2D eigenvalue weighted by Crippen LogP contribution is -2.43. The van der Waals surface area contributed by atoms with E-state index in [1.807, 2.05) is 6.92 Å². The van der Waals surface area contributed by atoms with Crippen molar-refractivity contribution in [2.45, 2.75) is 19.9 Å². The third-order valence-electron chi connectivity index (χ3n) is 2.47. The third-order valence-corrected chi connectivity index (χ3v) is 2.47. The Morgan fingerprint density at radius 3 is 2.32 bits per heavy atom. The minimum absolute atomic E-state index is 0.260. The van der Waals surface area contributed by atoms with Gasteiger partial charge in [-0.3, -0.25) is 14.4 Å². The van der Waals surface area contributed by atoms with E-state index < -0.39 is 17.9 Å². The number of aryl methyl sites for hydroxylation is 1. The molecule has 1 rings (SSSR count). The maximum atomic E-state index is 11.7. The van der Waals surface area contributed by atoms with Crippen LogP contribution in [0.15, 0.2) is 24.3 Å². The van der Waals surface area contributed by atoms with Crippen molar-refractivity contribution in [1.29, 1.82) is 0 Å². The number of carboxylic acids is 1. The van der Waals surface area contributed by atoms with Crippen LogP contribution in [0.25, 0.3) is 0 Å². The van der Waals surface area contributed by atoms with Crippen LogP contribution >= 0.6 is 0 Å². The highest BCUT2D eigenvalue weighted by Crippen LogP contribution is 2.02. The molecule has 0 heterocycles. The van der Waals surface area contributed by atoms with Crippen molar-refractivity contribution in [2.75, 3.05) is 6.54 Å². The zero-order valence-corrected chi connectivity index (χ0v) is 10.8. The van der Waals surface area contributed by atoms with Crippen molar-refractivity contribution in [3.63, 3.8) is 0 Å². The first kappa shape index (κ1) is 14.7. The smallest absolute Gasteiger partial charge is 0.325 e. The lowest BCUT2D eigenvalue weighted by molar-refractivity contribution is -0.141. The molecule has 2 amide bonds. The van der Waals surface area contributed by atoms with E-state index in [1.54, 1.807) is 24.3 Å². The van der Waals surface area contributed by atoms with Gasteiger partial charge in [-0.1, -0.05) is 17.7 Å². The van der Waals surface area contributed by atoms with Crippen LogP contribution in [0.1, 0.15) is 22.8 Å². The molecule has 0 fully saturated rings. The molecule has 3 N–H and O–H groups in total. The molecular formula is C13H16N2O4. The van der Waals surface area contributed by atoms with Crippen LogP contribution in [0.4, 0.5) is 0 Å². The second-order valence-corrected chi connectivity index (χ2v) is 4.18. The van der Waals surface area contributed by atoms with Crippen LogP contribution < -0.4 is 10.6 Å².